The van der Waals surface area contributed by atoms with E-state index in [1.165, 1.54) is 0 Å². The van der Waals surface area contributed by atoms with E-state index < -0.39 is 0 Å². The predicted molar refractivity (Wildman–Crippen MR) is 123 cm³/mol. The van der Waals surface area contributed by atoms with Crippen LogP contribution in [0.15, 0.2) is 71.8 Å². The second kappa shape index (κ2) is 10.9. The van der Waals surface area contributed by atoms with E-state index in [-0.39, 0.29) is 12.5 Å². The second-order valence-electron chi connectivity index (χ2n) is 6.25. The largest absolute Gasteiger partial charge is 0.489 e. The molecule has 0 aromatic heterocycles. The molecule has 0 aliphatic carbocycles. The van der Waals surface area contributed by atoms with Gasteiger partial charge >= 0.3 is 0 Å². The molecule has 30 heavy (non-hydrogen) atoms. The number of rotatable bonds is 8. The van der Waals surface area contributed by atoms with Gasteiger partial charge < -0.3 is 10.1 Å². The van der Waals surface area contributed by atoms with Gasteiger partial charge in [-0.25, -0.2) is 5.43 Å². The number of carbonyl (C=O) groups is 1. The summed E-state index contributed by atoms with van der Waals surface area (Å²) in [5.74, 6) is 0.381. The van der Waals surface area contributed by atoms with Gasteiger partial charge in [-0.2, -0.15) is 5.10 Å². The van der Waals surface area contributed by atoms with Gasteiger partial charge in [0.25, 0.3) is 5.91 Å². The third-order valence-electron chi connectivity index (χ3n) is 3.97. The number of amides is 1. The predicted octanol–water partition coefficient (Wildman–Crippen LogP) is 5.79. The molecule has 154 valence electrons. The molecule has 3 aromatic carbocycles. The van der Waals surface area contributed by atoms with Crippen molar-refractivity contribution in [2.75, 3.05) is 11.9 Å². The molecule has 3 rings (SSSR count). The molecule has 0 spiro atoms. The van der Waals surface area contributed by atoms with E-state index in [1.807, 2.05) is 30.3 Å². The van der Waals surface area contributed by atoms with Gasteiger partial charge in [-0.1, -0.05) is 53.0 Å². The molecule has 3 aromatic rings. The van der Waals surface area contributed by atoms with Crippen LogP contribution in [0, 0.1) is 0 Å². The lowest BCUT2D eigenvalue weighted by atomic mass is 10.2. The molecule has 0 saturated carbocycles. The van der Waals surface area contributed by atoms with Crippen LogP contribution in [0.1, 0.15) is 11.1 Å². The summed E-state index contributed by atoms with van der Waals surface area (Å²) in [7, 11) is 0. The van der Waals surface area contributed by atoms with Gasteiger partial charge in [0.05, 0.1) is 12.8 Å². The maximum Gasteiger partial charge on any atom is 0.259 e. The first-order chi connectivity index (χ1) is 14.5. The number of hydrazone groups is 1. The first kappa shape index (κ1) is 22.0. The van der Waals surface area contributed by atoms with Crippen LogP contribution in [0.3, 0.4) is 0 Å². The Morgan fingerprint density at radius 1 is 0.967 bits per heavy atom. The summed E-state index contributed by atoms with van der Waals surface area (Å²) < 4.78 is 5.78. The molecule has 0 atom stereocenters. The summed E-state index contributed by atoms with van der Waals surface area (Å²) in [6.45, 7) is 0.397. The van der Waals surface area contributed by atoms with Crippen molar-refractivity contribution in [3.63, 3.8) is 0 Å². The number of halogens is 3. The minimum atomic E-state index is -0.272. The second-order valence-corrected chi connectivity index (χ2v) is 7.53. The fraction of sp³-hybridized carbons (Fsp3) is 0.0909. The van der Waals surface area contributed by atoms with Gasteiger partial charge in [0, 0.05) is 26.3 Å². The van der Waals surface area contributed by atoms with Crippen LogP contribution in [0.5, 0.6) is 5.75 Å². The number of carbonyl (C=O) groups excluding carboxylic acids is 1. The summed E-state index contributed by atoms with van der Waals surface area (Å²) in [5.41, 5.74) is 4.88. The maximum absolute atomic E-state index is 11.9. The van der Waals surface area contributed by atoms with Gasteiger partial charge in [0.1, 0.15) is 12.4 Å². The first-order valence-electron chi connectivity index (χ1n) is 8.98. The topological polar surface area (TPSA) is 62.7 Å². The highest BCUT2D eigenvalue weighted by molar-refractivity contribution is 6.35. The number of benzene rings is 3. The lowest BCUT2D eigenvalue weighted by Gasteiger charge is -2.08. The highest BCUT2D eigenvalue weighted by Crippen LogP contribution is 2.23. The molecule has 2 N–H and O–H groups in total. The number of hydrogen-bond donors (Lipinski definition) is 2. The van der Waals surface area contributed by atoms with Crippen molar-refractivity contribution in [3.8, 4) is 5.75 Å². The fourth-order valence-corrected chi connectivity index (χ4v) is 3.04. The number of anilines is 1. The minimum Gasteiger partial charge on any atom is -0.489 e. The van der Waals surface area contributed by atoms with Gasteiger partial charge in [-0.05, 0) is 54.1 Å². The third kappa shape index (κ3) is 6.95. The molecule has 0 saturated heterocycles. The summed E-state index contributed by atoms with van der Waals surface area (Å²) in [6, 6.07) is 19.7. The molecule has 0 heterocycles. The van der Waals surface area contributed by atoms with Crippen LogP contribution in [-0.4, -0.2) is 18.7 Å². The number of nitrogens with zero attached hydrogens (tertiary/aromatic N) is 1. The van der Waals surface area contributed by atoms with Gasteiger partial charge in [0.15, 0.2) is 0 Å². The zero-order valence-corrected chi connectivity index (χ0v) is 18.0. The monoisotopic (exact) mass is 461 g/mol. The average Bonchev–Trinajstić information content (AvgIpc) is 2.73. The lowest BCUT2D eigenvalue weighted by Crippen LogP contribution is -2.25. The van der Waals surface area contributed by atoms with E-state index in [9.17, 15) is 4.79 Å². The Hall–Kier alpha value is -2.73. The third-order valence-corrected chi connectivity index (χ3v) is 4.81. The average molecular weight is 463 g/mol. The van der Waals surface area contributed by atoms with E-state index in [1.54, 1.807) is 42.6 Å². The van der Waals surface area contributed by atoms with Crippen molar-refractivity contribution in [1.82, 2.24) is 5.43 Å². The molecule has 0 bridgehead atoms. The molecule has 1 amide bonds. The SMILES string of the molecule is O=C(CNc1ccc(Cl)cc1)N/N=C\c1cccc(OCc2ccc(Cl)cc2Cl)c1. The summed E-state index contributed by atoms with van der Waals surface area (Å²) in [5, 5.41) is 8.72. The molecule has 0 fully saturated rings. The van der Waals surface area contributed by atoms with Crippen LogP contribution in [0.2, 0.25) is 15.1 Å². The van der Waals surface area contributed by atoms with E-state index >= 15 is 0 Å². The molecule has 0 radical (unpaired) electrons. The fourth-order valence-electron chi connectivity index (χ4n) is 2.45. The first-order valence-corrected chi connectivity index (χ1v) is 10.1. The summed E-state index contributed by atoms with van der Waals surface area (Å²) >= 11 is 17.9. The van der Waals surface area contributed by atoms with Crippen LogP contribution in [-0.2, 0) is 11.4 Å². The standard InChI is InChI=1S/C22H18Cl3N3O2/c23-17-6-8-19(9-7-17)26-13-22(29)28-27-12-15-2-1-3-20(10-15)30-14-16-4-5-18(24)11-21(16)25/h1-12,26H,13-14H2,(H,28,29)/b27-12-. The van der Waals surface area contributed by atoms with Crippen LogP contribution >= 0.6 is 34.8 Å². The normalized spacial score (nSPS) is 10.8. The van der Waals surface area contributed by atoms with E-state index in [0.717, 1.165) is 16.8 Å². The Labute approximate surface area is 189 Å². The van der Waals surface area contributed by atoms with Crippen molar-refractivity contribution in [2.24, 2.45) is 5.10 Å². The molecule has 0 aliphatic rings. The van der Waals surface area contributed by atoms with Crippen molar-refractivity contribution in [1.29, 1.82) is 0 Å². The Kier molecular flexibility index (Phi) is 7.97. The lowest BCUT2D eigenvalue weighted by molar-refractivity contribution is -0.119. The van der Waals surface area contributed by atoms with Gasteiger partial charge in [-0.3, -0.25) is 4.79 Å². The maximum atomic E-state index is 11.9. The number of ether oxygens (including phenoxy) is 1. The summed E-state index contributed by atoms with van der Waals surface area (Å²) in [6.07, 6.45) is 1.54. The van der Waals surface area contributed by atoms with Crippen molar-refractivity contribution in [2.45, 2.75) is 6.61 Å². The van der Waals surface area contributed by atoms with Crippen molar-refractivity contribution < 1.29 is 9.53 Å². The van der Waals surface area contributed by atoms with E-state index in [0.29, 0.717) is 27.4 Å². The van der Waals surface area contributed by atoms with Crippen molar-refractivity contribution in [3.05, 3.63) is 92.9 Å². The zero-order chi connectivity index (χ0) is 21.3. The summed E-state index contributed by atoms with van der Waals surface area (Å²) in [4.78, 5) is 11.9. The quantitative estimate of drug-likeness (QED) is 0.329. The zero-order valence-electron chi connectivity index (χ0n) is 15.7. The van der Waals surface area contributed by atoms with E-state index in [4.69, 9.17) is 39.5 Å². The highest BCUT2D eigenvalue weighted by Gasteiger charge is 2.03. The number of hydrogen-bond acceptors (Lipinski definition) is 4. The minimum absolute atomic E-state index is 0.0873. The molecule has 0 unspecified atom stereocenters. The molecule has 0 aliphatic heterocycles. The molecule has 8 heteroatoms. The van der Waals surface area contributed by atoms with Crippen LogP contribution < -0.4 is 15.5 Å². The van der Waals surface area contributed by atoms with Gasteiger partial charge in [-0.15, -0.1) is 0 Å². The Morgan fingerprint density at radius 2 is 1.73 bits per heavy atom. The Bertz CT molecular complexity index is 1040. The van der Waals surface area contributed by atoms with E-state index in [2.05, 4.69) is 15.8 Å². The smallest absolute Gasteiger partial charge is 0.259 e. The van der Waals surface area contributed by atoms with Gasteiger partial charge in [0.2, 0.25) is 0 Å². The molecular formula is C22H18Cl3N3O2. The Balaban J connectivity index is 1.48. The van der Waals surface area contributed by atoms with Crippen LogP contribution in [0.25, 0.3) is 0 Å². The highest BCUT2D eigenvalue weighted by atomic mass is 35.5. The van der Waals surface area contributed by atoms with Crippen molar-refractivity contribution >= 4 is 52.6 Å². The molecular weight excluding hydrogens is 445 g/mol. The Morgan fingerprint density at radius 3 is 2.50 bits per heavy atom. The molecule has 5 nitrogen and oxygen atoms in total. The van der Waals surface area contributed by atoms with Crippen LogP contribution in [0.4, 0.5) is 5.69 Å². The number of nitrogens with one attached hydrogen (secondary N) is 2.